The van der Waals surface area contributed by atoms with E-state index >= 15 is 0 Å². The molecular weight excluding hydrogens is 300 g/mol. The molecule has 90 valence electrons. The molecule has 17 heavy (non-hydrogen) atoms. The third kappa shape index (κ3) is 3.54. The molecule has 0 aliphatic heterocycles. The van der Waals surface area contributed by atoms with Crippen LogP contribution in [0.2, 0.25) is 0 Å². The Labute approximate surface area is 114 Å². The van der Waals surface area contributed by atoms with E-state index < -0.39 is 0 Å². The van der Waals surface area contributed by atoms with Gasteiger partial charge in [-0.15, -0.1) is 28.3 Å². The number of hydrogen-bond acceptors (Lipinski definition) is 3. The van der Waals surface area contributed by atoms with Crippen molar-refractivity contribution in [3.63, 3.8) is 0 Å². The van der Waals surface area contributed by atoms with Gasteiger partial charge in [-0.1, -0.05) is 29.8 Å². The van der Waals surface area contributed by atoms with Crippen LogP contribution in [0.3, 0.4) is 0 Å². The highest BCUT2D eigenvalue weighted by Crippen LogP contribution is 2.26. The Morgan fingerprint density at radius 1 is 1.24 bits per heavy atom. The highest BCUT2D eigenvalue weighted by atomic mass is 79.9. The molecule has 1 aromatic heterocycles. The van der Waals surface area contributed by atoms with Gasteiger partial charge in [-0.3, -0.25) is 0 Å². The molecule has 0 atom stereocenters. The Hall–Kier alpha value is -1.40. The Morgan fingerprint density at radius 3 is 2.47 bits per heavy atom. The first-order valence-electron chi connectivity index (χ1n) is 4.77. The van der Waals surface area contributed by atoms with E-state index in [-0.39, 0.29) is 22.9 Å². The van der Waals surface area contributed by atoms with Gasteiger partial charge >= 0.3 is 0 Å². The van der Waals surface area contributed by atoms with E-state index in [1.54, 1.807) is 0 Å². The molecule has 6 heteroatoms. The van der Waals surface area contributed by atoms with Crippen LogP contribution in [0, 0.1) is 6.92 Å². The summed E-state index contributed by atoms with van der Waals surface area (Å²) in [5.74, 6) is 0.0322. The molecule has 0 fully saturated rings. The number of halogens is 1. The van der Waals surface area contributed by atoms with E-state index in [1.165, 1.54) is 16.9 Å². The average molecular weight is 313 g/mol. The number of aliphatic imine (C=N–C) groups is 1. The van der Waals surface area contributed by atoms with E-state index in [0.29, 0.717) is 5.13 Å². The first-order chi connectivity index (χ1) is 7.65. The predicted octanol–water partition coefficient (Wildman–Crippen LogP) is 2.60. The van der Waals surface area contributed by atoms with Crippen molar-refractivity contribution in [1.82, 2.24) is 4.98 Å². The molecule has 1 aromatic carbocycles. The van der Waals surface area contributed by atoms with Crippen LogP contribution >= 0.6 is 28.3 Å². The van der Waals surface area contributed by atoms with E-state index in [1.807, 2.05) is 17.5 Å². The molecule has 1 heterocycles. The molecule has 0 bridgehead atoms. The van der Waals surface area contributed by atoms with Crippen LogP contribution in [0.25, 0.3) is 11.3 Å². The molecule has 0 spiro atoms. The van der Waals surface area contributed by atoms with E-state index in [4.69, 9.17) is 11.5 Å². The fourth-order valence-electron chi connectivity index (χ4n) is 1.28. The number of guanidine groups is 1. The van der Waals surface area contributed by atoms with Crippen LogP contribution < -0.4 is 11.5 Å². The maximum atomic E-state index is 5.29. The number of nitrogens with two attached hydrogens (primary N) is 2. The van der Waals surface area contributed by atoms with Gasteiger partial charge in [0.05, 0.1) is 5.69 Å². The molecule has 0 saturated heterocycles. The van der Waals surface area contributed by atoms with Gasteiger partial charge < -0.3 is 11.5 Å². The van der Waals surface area contributed by atoms with Crippen LogP contribution in [0.5, 0.6) is 0 Å². The highest BCUT2D eigenvalue weighted by molar-refractivity contribution is 8.93. The molecule has 4 N–H and O–H groups in total. The summed E-state index contributed by atoms with van der Waals surface area (Å²) in [5, 5.41) is 2.52. The fraction of sp³-hybridized carbons (Fsp3) is 0.0909. The lowest BCUT2D eigenvalue weighted by molar-refractivity contribution is 1.32. The van der Waals surface area contributed by atoms with Gasteiger partial charge in [0.2, 0.25) is 5.13 Å². The van der Waals surface area contributed by atoms with Crippen molar-refractivity contribution in [2.24, 2.45) is 16.5 Å². The zero-order valence-electron chi connectivity index (χ0n) is 9.25. The van der Waals surface area contributed by atoms with E-state index in [2.05, 4.69) is 29.0 Å². The third-order valence-corrected chi connectivity index (χ3v) is 2.80. The van der Waals surface area contributed by atoms with Crippen molar-refractivity contribution in [2.75, 3.05) is 0 Å². The van der Waals surface area contributed by atoms with Crippen molar-refractivity contribution < 1.29 is 0 Å². The monoisotopic (exact) mass is 312 g/mol. The van der Waals surface area contributed by atoms with Crippen molar-refractivity contribution in [2.45, 2.75) is 6.92 Å². The maximum Gasteiger partial charge on any atom is 0.212 e. The lowest BCUT2D eigenvalue weighted by Gasteiger charge is -1.96. The molecule has 2 rings (SSSR count). The van der Waals surface area contributed by atoms with Gasteiger partial charge in [0.1, 0.15) is 0 Å². The summed E-state index contributed by atoms with van der Waals surface area (Å²) in [6.07, 6.45) is 0. The number of hydrogen-bond donors (Lipinski definition) is 2. The zero-order chi connectivity index (χ0) is 11.5. The average Bonchev–Trinajstić information content (AvgIpc) is 2.66. The third-order valence-electron chi connectivity index (χ3n) is 2.06. The molecule has 0 radical (unpaired) electrons. The molecule has 0 unspecified atom stereocenters. The second kappa shape index (κ2) is 5.79. The standard InChI is InChI=1S/C11H12N4S.BrH/c1-7-2-4-8(5-3-7)9-6-16-11(14-9)15-10(12)13;/h2-6H,1H3,(H4,12,13,14,15);1H. The van der Waals surface area contributed by atoms with Crippen molar-refractivity contribution in [3.8, 4) is 11.3 Å². The minimum Gasteiger partial charge on any atom is -0.370 e. The van der Waals surface area contributed by atoms with Gasteiger partial charge in [0, 0.05) is 10.9 Å². The zero-order valence-corrected chi connectivity index (χ0v) is 11.8. The Balaban J connectivity index is 0.00000144. The highest BCUT2D eigenvalue weighted by Gasteiger charge is 2.03. The number of aryl methyl sites for hydroxylation is 1. The fourth-order valence-corrected chi connectivity index (χ4v) is 2.00. The molecule has 4 nitrogen and oxygen atoms in total. The number of thiazole rings is 1. The van der Waals surface area contributed by atoms with Gasteiger partial charge in [-0.25, -0.2) is 4.98 Å². The van der Waals surface area contributed by atoms with Gasteiger partial charge in [0.25, 0.3) is 0 Å². The summed E-state index contributed by atoms with van der Waals surface area (Å²) in [6, 6.07) is 8.16. The molecular formula is C11H13BrN4S. The van der Waals surface area contributed by atoms with Gasteiger partial charge in [-0.05, 0) is 6.92 Å². The Morgan fingerprint density at radius 2 is 1.88 bits per heavy atom. The summed E-state index contributed by atoms with van der Waals surface area (Å²) >= 11 is 1.42. The van der Waals surface area contributed by atoms with Crippen LogP contribution in [-0.2, 0) is 0 Å². The number of benzene rings is 1. The molecule has 0 saturated carbocycles. The summed E-state index contributed by atoms with van der Waals surface area (Å²) in [7, 11) is 0. The van der Waals surface area contributed by atoms with E-state index in [9.17, 15) is 0 Å². The summed E-state index contributed by atoms with van der Waals surface area (Å²) in [5.41, 5.74) is 13.8. The van der Waals surface area contributed by atoms with Crippen molar-refractivity contribution in [1.29, 1.82) is 0 Å². The van der Waals surface area contributed by atoms with Gasteiger partial charge in [-0.2, -0.15) is 4.99 Å². The maximum absolute atomic E-state index is 5.29. The topological polar surface area (TPSA) is 77.3 Å². The Bertz CT molecular complexity index is 515. The molecule has 2 aromatic rings. The summed E-state index contributed by atoms with van der Waals surface area (Å²) < 4.78 is 0. The predicted molar refractivity (Wildman–Crippen MR) is 78.1 cm³/mol. The largest absolute Gasteiger partial charge is 0.370 e. The minimum absolute atomic E-state index is 0. The summed E-state index contributed by atoms with van der Waals surface area (Å²) in [4.78, 5) is 8.22. The first-order valence-corrected chi connectivity index (χ1v) is 5.65. The van der Waals surface area contributed by atoms with Crippen LogP contribution in [0.4, 0.5) is 5.13 Å². The quantitative estimate of drug-likeness (QED) is 0.661. The number of rotatable bonds is 2. The van der Waals surface area contributed by atoms with E-state index in [0.717, 1.165) is 11.3 Å². The summed E-state index contributed by atoms with van der Waals surface area (Å²) in [6.45, 7) is 2.05. The number of nitrogens with zero attached hydrogens (tertiary/aromatic N) is 2. The molecule has 0 aliphatic carbocycles. The molecule has 0 aliphatic rings. The smallest absolute Gasteiger partial charge is 0.212 e. The lowest BCUT2D eigenvalue weighted by atomic mass is 10.1. The lowest BCUT2D eigenvalue weighted by Crippen LogP contribution is -2.21. The first kappa shape index (κ1) is 13.7. The minimum atomic E-state index is 0. The second-order valence-corrected chi connectivity index (χ2v) is 4.25. The van der Waals surface area contributed by atoms with Crippen LogP contribution in [-0.4, -0.2) is 10.9 Å². The normalized spacial score (nSPS) is 9.47. The molecule has 0 amide bonds. The Kier molecular flexibility index (Phi) is 4.65. The van der Waals surface area contributed by atoms with Crippen LogP contribution in [0.1, 0.15) is 5.56 Å². The second-order valence-electron chi connectivity index (χ2n) is 3.42. The SMILES string of the molecule is Br.Cc1ccc(-c2csc(N=C(N)N)n2)cc1. The number of aromatic nitrogens is 1. The van der Waals surface area contributed by atoms with Gasteiger partial charge in [0.15, 0.2) is 5.96 Å². The van der Waals surface area contributed by atoms with Crippen molar-refractivity contribution >= 4 is 39.4 Å². The van der Waals surface area contributed by atoms with Crippen molar-refractivity contribution in [3.05, 3.63) is 35.2 Å². The van der Waals surface area contributed by atoms with Crippen LogP contribution in [0.15, 0.2) is 34.6 Å².